The summed E-state index contributed by atoms with van der Waals surface area (Å²) in [7, 11) is 0. The molecule has 88 valence electrons. The van der Waals surface area contributed by atoms with Crippen LogP contribution in [0.4, 0.5) is 0 Å². The minimum atomic E-state index is -0.125. The molecule has 0 saturated heterocycles. The van der Waals surface area contributed by atoms with Crippen molar-refractivity contribution in [3.63, 3.8) is 0 Å². The summed E-state index contributed by atoms with van der Waals surface area (Å²) in [6.45, 7) is 8.19. The molecule has 3 nitrogen and oxygen atoms in total. The SMILES string of the molecule is CCCCCOCC(C)C.OCCO. The molecule has 2 N–H and O–H groups in total. The highest BCUT2D eigenvalue weighted by molar-refractivity contribution is 4.40. The van der Waals surface area contributed by atoms with Crippen LogP contribution in [-0.2, 0) is 4.74 Å². The smallest absolute Gasteiger partial charge is 0.0662 e. The topological polar surface area (TPSA) is 49.7 Å². The summed E-state index contributed by atoms with van der Waals surface area (Å²) in [5, 5.41) is 15.2. The Morgan fingerprint density at radius 2 is 1.64 bits per heavy atom. The minimum absolute atomic E-state index is 0.125. The first-order valence-electron chi connectivity index (χ1n) is 5.48. The van der Waals surface area contributed by atoms with Crippen LogP contribution in [0.5, 0.6) is 0 Å². The zero-order valence-corrected chi connectivity index (χ0v) is 9.83. The van der Waals surface area contributed by atoms with Gasteiger partial charge in [0.1, 0.15) is 0 Å². The summed E-state index contributed by atoms with van der Waals surface area (Å²) >= 11 is 0. The van der Waals surface area contributed by atoms with Crippen LogP contribution < -0.4 is 0 Å². The van der Waals surface area contributed by atoms with Crippen molar-refractivity contribution in [1.29, 1.82) is 0 Å². The molecule has 0 aliphatic carbocycles. The average Bonchev–Trinajstić information content (AvgIpc) is 2.18. The van der Waals surface area contributed by atoms with Crippen molar-refractivity contribution < 1.29 is 14.9 Å². The van der Waals surface area contributed by atoms with Crippen molar-refractivity contribution in [2.45, 2.75) is 40.0 Å². The molecular formula is C11H26O3. The lowest BCUT2D eigenvalue weighted by molar-refractivity contribution is 0.106. The number of aliphatic hydroxyl groups excluding tert-OH is 2. The van der Waals surface area contributed by atoms with Crippen molar-refractivity contribution >= 4 is 0 Å². The Bertz CT molecular complexity index is 82.6. The molecule has 0 unspecified atom stereocenters. The van der Waals surface area contributed by atoms with Gasteiger partial charge in [0.05, 0.1) is 13.2 Å². The standard InChI is InChI=1S/C9H20O.C2H6O2/c1-4-5-6-7-10-8-9(2)3;3-1-2-4/h9H,4-8H2,1-3H3;3-4H,1-2H2. The van der Waals surface area contributed by atoms with E-state index in [0.717, 1.165) is 13.2 Å². The van der Waals surface area contributed by atoms with Gasteiger partial charge in [0.15, 0.2) is 0 Å². The van der Waals surface area contributed by atoms with Crippen LogP contribution >= 0.6 is 0 Å². The van der Waals surface area contributed by atoms with E-state index in [-0.39, 0.29) is 13.2 Å². The van der Waals surface area contributed by atoms with Gasteiger partial charge in [-0.3, -0.25) is 0 Å². The lowest BCUT2D eigenvalue weighted by Gasteiger charge is -2.05. The molecule has 0 fully saturated rings. The van der Waals surface area contributed by atoms with Crippen LogP contribution in [0.1, 0.15) is 40.0 Å². The minimum Gasteiger partial charge on any atom is -0.394 e. The van der Waals surface area contributed by atoms with Crippen LogP contribution in [0.15, 0.2) is 0 Å². The number of rotatable bonds is 7. The van der Waals surface area contributed by atoms with Crippen molar-refractivity contribution in [2.24, 2.45) is 5.92 Å². The third-order valence-corrected chi connectivity index (χ3v) is 1.44. The van der Waals surface area contributed by atoms with Crippen LogP contribution in [-0.4, -0.2) is 36.6 Å². The third-order valence-electron chi connectivity index (χ3n) is 1.44. The van der Waals surface area contributed by atoms with Crippen LogP contribution in [0, 0.1) is 5.92 Å². The fourth-order valence-corrected chi connectivity index (χ4v) is 0.773. The van der Waals surface area contributed by atoms with E-state index in [2.05, 4.69) is 20.8 Å². The summed E-state index contributed by atoms with van der Waals surface area (Å²) in [5.41, 5.74) is 0. The van der Waals surface area contributed by atoms with E-state index in [1.54, 1.807) is 0 Å². The highest BCUT2D eigenvalue weighted by atomic mass is 16.5. The fourth-order valence-electron chi connectivity index (χ4n) is 0.773. The molecule has 0 aliphatic heterocycles. The van der Waals surface area contributed by atoms with Gasteiger partial charge in [-0.25, -0.2) is 0 Å². The maximum atomic E-state index is 7.62. The number of aliphatic hydroxyl groups is 2. The van der Waals surface area contributed by atoms with Gasteiger partial charge in [0.2, 0.25) is 0 Å². The van der Waals surface area contributed by atoms with E-state index >= 15 is 0 Å². The molecule has 0 heterocycles. The molecule has 0 rings (SSSR count). The first-order chi connectivity index (χ1) is 6.68. The van der Waals surface area contributed by atoms with E-state index in [1.165, 1.54) is 19.3 Å². The van der Waals surface area contributed by atoms with Gasteiger partial charge in [-0.15, -0.1) is 0 Å². The molecule has 0 aromatic carbocycles. The Balaban J connectivity index is 0. The van der Waals surface area contributed by atoms with Crippen molar-refractivity contribution in [3.05, 3.63) is 0 Å². The third kappa shape index (κ3) is 22.6. The lowest BCUT2D eigenvalue weighted by atomic mass is 10.2. The second-order valence-corrected chi connectivity index (χ2v) is 3.62. The zero-order chi connectivity index (χ0) is 11.2. The summed E-state index contributed by atoms with van der Waals surface area (Å²) in [6, 6.07) is 0. The number of ether oxygens (including phenoxy) is 1. The van der Waals surface area contributed by atoms with Crippen LogP contribution in [0.2, 0.25) is 0 Å². The molecule has 0 aromatic heterocycles. The Morgan fingerprint density at radius 1 is 1.07 bits per heavy atom. The Labute approximate surface area is 88.1 Å². The van der Waals surface area contributed by atoms with Gasteiger partial charge >= 0.3 is 0 Å². The average molecular weight is 206 g/mol. The van der Waals surface area contributed by atoms with Crippen molar-refractivity contribution in [2.75, 3.05) is 26.4 Å². The van der Waals surface area contributed by atoms with E-state index in [1.807, 2.05) is 0 Å². The quantitative estimate of drug-likeness (QED) is 0.625. The van der Waals surface area contributed by atoms with E-state index in [9.17, 15) is 0 Å². The van der Waals surface area contributed by atoms with Gasteiger partial charge in [0, 0.05) is 13.2 Å². The summed E-state index contributed by atoms with van der Waals surface area (Å²) < 4.78 is 5.40. The van der Waals surface area contributed by atoms with Crippen LogP contribution in [0.25, 0.3) is 0 Å². The maximum Gasteiger partial charge on any atom is 0.0662 e. The molecule has 0 aromatic rings. The Hall–Kier alpha value is -0.120. The predicted octanol–water partition coefficient (Wildman–Crippen LogP) is 1.82. The highest BCUT2D eigenvalue weighted by Gasteiger charge is 1.92. The van der Waals surface area contributed by atoms with Crippen molar-refractivity contribution in [1.82, 2.24) is 0 Å². The number of hydrogen-bond acceptors (Lipinski definition) is 3. The summed E-state index contributed by atoms with van der Waals surface area (Å²) in [5.74, 6) is 0.682. The Kier molecular flexibility index (Phi) is 17.9. The van der Waals surface area contributed by atoms with E-state index in [4.69, 9.17) is 14.9 Å². The summed E-state index contributed by atoms with van der Waals surface area (Å²) in [4.78, 5) is 0. The number of hydrogen-bond donors (Lipinski definition) is 2. The number of unbranched alkanes of at least 4 members (excludes halogenated alkanes) is 2. The predicted molar refractivity (Wildman–Crippen MR) is 59.4 cm³/mol. The van der Waals surface area contributed by atoms with Crippen LogP contribution in [0.3, 0.4) is 0 Å². The molecule has 0 spiro atoms. The second kappa shape index (κ2) is 15.4. The molecular weight excluding hydrogens is 180 g/mol. The molecule has 0 amide bonds. The normalized spacial score (nSPS) is 9.86. The van der Waals surface area contributed by atoms with Gasteiger partial charge in [0.25, 0.3) is 0 Å². The van der Waals surface area contributed by atoms with Gasteiger partial charge < -0.3 is 14.9 Å². The first kappa shape index (κ1) is 16.3. The van der Waals surface area contributed by atoms with Gasteiger partial charge in [-0.2, -0.15) is 0 Å². The fraction of sp³-hybridized carbons (Fsp3) is 1.00. The van der Waals surface area contributed by atoms with Crippen molar-refractivity contribution in [3.8, 4) is 0 Å². The molecule has 0 saturated carbocycles. The van der Waals surface area contributed by atoms with Gasteiger partial charge in [-0.05, 0) is 12.3 Å². The van der Waals surface area contributed by atoms with E-state index in [0.29, 0.717) is 5.92 Å². The zero-order valence-electron chi connectivity index (χ0n) is 9.83. The Morgan fingerprint density at radius 3 is 2.00 bits per heavy atom. The van der Waals surface area contributed by atoms with Gasteiger partial charge in [-0.1, -0.05) is 33.6 Å². The highest BCUT2D eigenvalue weighted by Crippen LogP contribution is 1.97. The molecule has 14 heavy (non-hydrogen) atoms. The molecule has 0 atom stereocenters. The molecule has 0 bridgehead atoms. The monoisotopic (exact) mass is 206 g/mol. The largest absolute Gasteiger partial charge is 0.394 e. The molecule has 0 radical (unpaired) electrons. The second-order valence-electron chi connectivity index (χ2n) is 3.62. The van der Waals surface area contributed by atoms with E-state index < -0.39 is 0 Å². The summed E-state index contributed by atoms with van der Waals surface area (Å²) in [6.07, 6.45) is 3.81. The first-order valence-corrected chi connectivity index (χ1v) is 5.48. The lowest BCUT2D eigenvalue weighted by Crippen LogP contribution is -2.02. The molecule has 3 heteroatoms. The maximum absolute atomic E-state index is 7.62. The molecule has 0 aliphatic rings.